The topological polar surface area (TPSA) is 120 Å². The Bertz CT molecular complexity index is 1760. The van der Waals surface area contributed by atoms with Crippen molar-refractivity contribution < 1.29 is 28.2 Å². The molecular weight excluding hydrogens is 500 g/mol. The van der Waals surface area contributed by atoms with E-state index in [-0.39, 0.29) is 17.8 Å². The first-order chi connectivity index (χ1) is 18.6. The molecule has 0 aliphatic rings. The van der Waals surface area contributed by atoms with Crippen molar-refractivity contribution in [1.29, 1.82) is 0 Å². The molecule has 0 unspecified atom stereocenters. The molecule has 5 rings (SSSR count). The first kappa shape index (κ1) is 25.8. The summed E-state index contributed by atoms with van der Waals surface area (Å²) in [5.74, 6) is 0.00946. The van der Waals surface area contributed by atoms with Gasteiger partial charge >= 0.3 is 17.7 Å². The fraction of sp³-hybridized carbons (Fsp3) is 0.233. The molecule has 0 aliphatic heterocycles. The fourth-order valence-corrected chi connectivity index (χ4v) is 4.43. The number of ether oxygens (including phenoxy) is 3. The van der Waals surface area contributed by atoms with E-state index in [0.29, 0.717) is 21.9 Å². The maximum atomic E-state index is 13.4. The Hall–Kier alpha value is -4.79. The predicted octanol–water partition coefficient (Wildman–Crippen LogP) is 5.48. The van der Waals surface area contributed by atoms with Crippen LogP contribution in [0.25, 0.3) is 32.6 Å². The van der Waals surface area contributed by atoms with E-state index in [4.69, 9.17) is 18.6 Å². The van der Waals surface area contributed by atoms with Gasteiger partial charge in [0.25, 0.3) is 0 Å². The molecule has 3 aromatic carbocycles. The molecule has 9 heteroatoms. The molecule has 39 heavy (non-hydrogen) atoms. The number of H-pyrrole nitrogens is 1. The van der Waals surface area contributed by atoms with Crippen LogP contribution >= 0.6 is 0 Å². The van der Waals surface area contributed by atoms with E-state index < -0.39 is 29.3 Å². The van der Waals surface area contributed by atoms with Crippen molar-refractivity contribution >= 4 is 44.7 Å². The number of para-hydroxylation sites is 1. The summed E-state index contributed by atoms with van der Waals surface area (Å²) in [6.45, 7) is 5.21. The number of alkyl carbamates (subject to hydrolysis) is 1. The lowest BCUT2D eigenvalue weighted by molar-refractivity contribution is -0.136. The van der Waals surface area contributed by atoms with Crippen LogP contribution in [0.4, 0.5) is 4.79 Å². The molecule has 2 N–H and O–H groups in total. The molecule has 0 fully saturated rings. The van der Waals surface area contributed by atoms with Crippen molar-refractivity contribution in [1.82, 2.24) is 10.3 Å². The molecule has 5 aromatic rings. The van der Waals surface area contributed by atoms with E-state index in [1.54, 1.807) is 57.3 Å². The summed E-state index contributed by atoms with van der Waals surface area (Å²) in [7, 11) is 1.52. The monoisotopic (exact) mass is 528 g/mol. The second kappa shape index (κ2) is 10.2. The lowest BCUT2D eigenvalue weighted by Crippen LogP contribution is -2.46. The summed E-state index contributed by atoms with van der Waals surface area (Å²) in [6.07, 6.45) is 1.22. The van der Waals surface area contributed by atoms with Gasteiger partial charge in [-0.15, -0.1) is 0 Å². The van der Waals surface area contributed by atoms with E-state index in [0.717, 1.165) is 16.5 Å². The summed E-state index contributed by atoms with van der Waals surface area (Å²) in [5, 5.41) is 5.31. The van der Waals surface area contributed by atoms with E-state index >= 15 is 0 Å². The maximum Gasteiger partial charge on any atom is 0.408 e. The van der Waals surface area contributed by atoms with E-state index in [1.807, 2.05) is 24.3 Å². The zero-order valence-corrected chi connectivity index (χ0v) is 22.0. The maximum absolute atomic E-state index is 13.4. The van der Waals surface area contributed by atoms with E-state index in [1.165, 1.54) is 13.2 Å². The second-order valence-corrected chi connectivity index (χ2v) is 10.1. The Morgan fingerprint density at radius 3 is 2.46 bits per heavy atom. The Morgan fingerprint density at radius 1 is 0.949 bits per heavy atom. The van der Waals surface area contributed by atoms with E-state index in [9.17, 15) is 14.4 Å². The van der Waals surface area contributed by atoms with Crippen molar-refractivity contribution in [3.05, 3.63) is 82.8 Å². The third-order valence-corrected chi connectivity index (χ3v) is 6.19. The predicted molar refractivity (Wildman–Crippen MR) is 147 cm³/mol. The third-order valence-electron chi connectivity index (χ3n) is 6.19. The summed E-state index contributed by atoms with van der Waals surface area (Å²) in [5.41, 5.74) is 0.711. The molecule has 0 saturated heterocycles. The van der Waals surface area contributed by atoms with Crippen molar-refractivity contribution in [2.75, 3.05) is 7.11 Å². The summed E-state index contributed by atoms with van der Waals surface area (Å²) in [6, 6.07) is 16.6. The molecule has 200 valence electrons. The number of carbonyl (C=O) groups excluding carboxylic acids is 2. The largest absolute Gasteiger partial charge is 0.497 e. The zero-order valence-electron chi connectivity index (χ0n) is 22.0. The smallest absolute Gasteiger partial charge is 0.408 e. The van der Waals surface area contributed by atoms with Gasteiger partial charge in [-0.2, -0.15) is 0 Å². The van der Waals surface area contributed by atoms with Crippen LogP contribution in [0.1, 0.15) is 26.3 Å². The number of amides is 1. The van der Waals surface area contributed by atoms with Gasteiger partial charge in [-0.25, -0.2) is 14.4 Å². The fourth-order valence-electron chi connectivity index (χ4n) is 4.43. The van der Waals surface area contributed by atoms with E-state index in [2.05, 4.69) is 10.3 Å². The number of esters is 1. The second-order valence-electron chi connectivity index (χ2n) is 10.1. The summed E-state index contributed by atoms with van der Waals surface area (Å²) in [4.78, 5) is 41.7. The van der Waals surface area contributed by atoms with Crippen LogP contribution in [0.15, 0.2) is 76.1 Å². The number of methoxy groups -OCH3 is 1. The first-order valence-electron chi connectivity index (χ1n) is 12.4. The minimum Gasteiger partial charge on any atom is -0.497 e. The van der Waals surface area contributed by atoms with Crippen LogP contribution in [0, 0.1) is 0 Å². The molecule has 9 nitrogen and oxygen atoms in total. The highest BCUT2D eigenvalue weighted by Gasteiger charge is 2.27. The Morgan fingerprint density at radius 2 is 1.69 bits per heavy atom. The quantitative estimate of drug-likeness (QED) is 0.130. The molecule has 0 aliphatic carbocycles. The van der Waals surface area contributed by atoms with Gasteiger partial charge in [-0.05, 0) is 62.7 Å². The number of benzene rings is 3. The van der Waals surface area contributed by atoms with Crippen LogP contribution in [0.3, 0.4) is 0 Å². The van der Waals surface area contributed by atoms with Crippen LogP contribution < -0.4 is 20.4 Å². The highest BCUT2D eigenvalue weighted by atomic mass is 16.6. The molecule has 2 aromatic heterocycles. The van der Waals surface area contributed by atoms with Gasteiger partial charge in [0.15, 0.2) is 0 Å². The van der Waals surface area contributed by atoms with Gasteiger partial charge in [-0.1, -0.05) is 18.2 Å². The summed E-state index contributed by atoms with van der Waals surface area (Å²) < 4.78 is 21.8. The van der Waals surface area contributed by atoms with Gasteiger partial charge in [0.05, 0.1) is 12.5 Å². The summed E-state index contributed by atoms with van der Waals surface area (Å²) >= 11 is 0. The van der Waals surface area contributed by atoms with Crippen LogP contribution in [0.2, 0.25) is 0 Å². The number of aromatic nitrogens is 1. The molecule has 1 amide bonds. The number of hydrogen-bond acceptors (Lipinski definition) is 7. The number of fused-ring (bicyclic) bond motifs is 4. The Balaban J connectivity index is 1.44. The van der Waals surface area contributed by atoms with Gasteiger partial charge in [-0.3, -0.25) is 0 Å². The molecule has 1 atom stereocenters. The lowest BCUT2D eigenvalue weighted by Gasteiger charge is -2.23. The first-order valence-corrected chi connectivity index (χ1v) is 12.4. The Kier molecular flexibility index (Phi) is 6.74. The minimum absolute atomic E-state index is 0.164. The molecule has 0 spiro atoms. The van der Waals surface area contributed by atoms with Gasteiger partial charge in [0, 0.05) is 40.4 Å². The lowest BCUT2D eigenvalue weighted by atomic mass is 10.0. The number of carbonyl (C=O) groups is 2. The SMILES string of the molecule is COc1ccc2c(c1)c(=O)oc1cc(OC(=O)[C@H](Cc3c[nH]c4ccccc34)NC(=O)OC(C)(C)C)ccc12. The minimum atomic E-state index is -1.05. The Labute approximate surface area is 223 Å². The molecular formula is C30H28N2O7. The van der Waals surface area contributed by atoms with Crippen molar-refractivity contribution in [2.45, 2.75) is 38.8 Å². The normalized spacial score (nSPS) is 12.4. The molecule has 2 heterocycles. The van der Waals surface area contributed by atoms with Crippen LogP contribution in [-0.4, -0.2) is 35.8 Å². The van der Waals surface area contributed by atoms with Crippen molar-refractivity contribution in [3.63, 3.8) is 0 Å². The van der Waals surface area contributed by atoms with Gasteiger partial charge < -0.3 is 28.9 Å². The van der Waals surface area contributed by atoms with Gasteiger partial charge in [0.2, 0.25) is 0 Å². The average molecular weight is 529 g/mol. The molecule has 0 saturated carbocycles. The number of rotatable bonds is 6. The zero-order chi connectivity index (χ0) is 27.7. The molecule has 0 radical (unpaired) electrons. The average Bonchev–Trinajstić information content (AvgIpc) is 3.29. The highest BCUT2D eigenvalue weighted by molar-refractivity contribution is 6.05. The van der Waals surface area contributed by atoms with Crippen LogP contribution in [-0.2, 0) is 16.0 Å². The number of nitrogens with one attached hydrogen (secondary N) is 2. The third kappa shape index (κ3) is 5.57. The highest BCUT2D eigenvalue weighted by Crippen LogP contribution is 2.29. The number of aromatic amines is 1. The van der Waals surface area contributed by atoms with Crippen molar-refractivity contribution in [3.8, 4) is 11.5 Å². The van der Waals surface area contributed by atoms with Gasteiger partial charge in [0.1, 0.15) is 28.7 Å². The van der Waals surface area contributed by atoms with Crippen molar-refractivity contribution in [2.24, 2.45) is 0 Å². The van der Waals surface area contributed by atoms with Crippen LogP contribution in [0.5, 0.6) is 11.5 Å². The molecule has 0 bridgehead atoms. The number of hydrogen-bond donors (Lipinski definition) is 2. The standard InChI is InChI=1S/C30H28N2O7/c1-30(2,3)39-29(35)32-25(13-17-16-31-24-8-6-5-7-20(17)24)28(34)37-19-10-12-22-21-11-9-18(36-4)14-23(21)27(33)38-26(22)15-19/h5-12,14-16,25,31H,13H2,1-4H3,(H,32,35)/t25-/m0/s1.